The third kappa shape index (κ3) is 8.35. The van der Waals surface area contributed by atoms with E-state index in [9.17, 15) is 0 Å². The van der Waals surface area contributed by atoms with Crippen molar-refractivity contribution in [3.8, 4) is 22.4 Å². The van der Waals surface area contributed by atoms with Crippen LogP contribution >= 0.6 is 0 Å². The number of hydrogen-bond donors (Lipinski definition) is 0. The molecule has 268 valence electrons. The normalized spacial score (nSPS) is 12.3. The van der Waals surface area contributed by atoms with E-state index in [-0.39, 0.29) is 0 Å². The Hall–Kier alpha value is -6.90. The van der Waals surface area contributed by atoms with Crippen molar-refractivity contribution in [2.75, 3.05) is 0 Å². The molecule has 0 unspecified atom stereocenters. The molecule has 55 heavy (non-hydrogen) atoms. The lowest BCUT2D eigenvalue weighted by Crippen LogP contribution is -2.25. The molecule has 0 spiro atoms. The molecule has 0 aliphatic heterocycles. The predicted octanol–water partition coefficient (Wildman–Crippen LogP) is 12.7. The maximum Gasteiger partial charge on any atom is 0.0783 e. The number of benzene rings is 5. The van der Waals surface area contributed by atoms with Gasteiger partial charge in [-0.1, -0.05) is 166 Å². The zero-order valence-electron chi connectivity index (χ0n) is 32.0. The average Bonchev–Trinajstić information content (AvgIpc) is 3.23. The van der Waals surface area contributed by atoms with Gasteiger partial charge in [-0.05, 0) is 106 Å². The molecule has 5 aromatic carbocycles. The zero-order valence-corrected chi connectivity index (χ0v) is 32.0. The molecule has 2 heteroatoms. The Labute approximate surface area is 326 Å². The first kappa shape index (κ1) is 37.8. The number of pyridine rings is 1. The quantitative estimate of drug-likeness (QED) is 0.0917. The van der Waals surface area contributed by atoms with Crippen LogP contribution in [0.1, 0.15) is 70.8 Å². The minimum atomic E-state index is 0.864. The second kappa shape index (κ2) is 17.3. The highest BCUT2D eigenvalue weighted by Crippen LogP contribution is 2.33. The van der Waals surface area contributed by atoms with E-state index >= 15 is 0 Å². The molecule has 0 aliphatic rings. The van der Waals surface area contributed by atoms with E-state index in [4.69, 9.17) is 9.98 Å². The number of rotatable bonds is 12. The molecule has 0 atom stereocenters. The molecule has 0 radical (unpaired) electrons. The molecule has 1 heterocycles. The Kier molecular flexibility index (Phi) is 11.9. The average molecular weight is 711 g/mol. The number of allylic oxidation sites excluding steroid dienone is 2. The maximum atomic E-state index is 5.33. The van der Waals surface area contributed by atoms with Gasteiger partial charge in [0.05, 0.1) is 11.4 Å². The highest BCUT2D eigenvalue weighted by molar-refractivity contribution is 6.05. The highest BCUT2D eigenvalue weighted by Gasteiger charge is 2.13. The standard InChI is InChI=1S/C53H46N2/c1-9-19-51-40(11-3)23-18-25-50(51)38(8)55-53(49-24-17-14-20-36(49)6)44-28-26-43(27-29-44)47-31-46(37(7)30-45-22-16-15-21-39(45)10-2)32-48(33-47)52-34-41(12-4)42(13-5)35-54-52/h9-35H,2-6H2,1,7-8H3/b19-9-,37-30+,53-49-,55-38?. The molecule has 1 aromatic heterocycles. The summed E-state index contributed by atoms with van der Waals surface area (Å²) in [5.74, 6) is 0. The third-order valence-electron chi connectivity index (χ3n) is 9.81. The summed E-state index contributed by atoms with van der Waals surface area (Å²) in [7, 11) is 0. The van der Waals surface area contributed by atoms with Gasteiger partial charge in [0.15, 0.2) is 0 Å². The van der Waals surface area contributed by atoms with Crippen LogP contribution in [-0.2, 0) is 0 Å². The summed E-state index contributed by atoms with van der Waals surface area (Å²) >= 11 is 0. The molecular formula is C53H46N2. The molecule has 0 N–H and O–H groups in total. The molecule has 0 aliphatic carbocycles. The first-order chi connectivity index (χ1) is 26.8. The fourth-order valence-electron chi connectivity index (χ4n) is 6.81. The summed E-state index contributed by atoms with van der Waals surface area (Å²) < 4.78 is 0. The van der Waals surface area contributed by atoms with Gasteiger partial charge in [-0.2, -0.15) is 0 Å². The van der Waals surface area contributed by atoms with E-state index in [0.29, 0.717) is 0 Å². The topological polar surface area (TPSA) is 25.2 Å². The molecule has 2 nitrogen and oxygen atoms in total. The second-order valence-corrected chi connectivity index (χ2v) is 13.4. The first-order valence-electron chi connectivity index (χ1n) is 18.4. The minimum Gasteiger partial charge on any atom is -0.256 e. The Morgan fingerprint density at radius 2 is 1.25 bits per heavy atom. The van der Waals surface area contributed by atoms with Gasteiger partial charge in [0.25, 0.3) is 0 Å². The summed E-state index contributed by atoms with van der Waals surface area (Å²) in [6.07, 6.45) is 15.7. The summed E-state index contributed by atoms with van der Waals surface area (Å²) in [4.78, 5) is 10.2. The molecule has 6 rings (SSSR count). The molecule has 0 fully saturated rings. The van der Waals surface area contributed by atoms with Crippen molar-refractivity contribution < 1.29 is 0 Å². The smallest absolute Gasteiger partial charge is 0.0783 e. The first-order valence-corrected chi connectivity index (χ1v) is 18.4. The largest absolute Gasteiger partial charge is 0.256 e. The van der Waals surface area contributed by atoms with E-state index < -0.39 is 0 Å². The van der Waals surface area contributed by atoms with Gasteiger partial charge >= 0.3 is 0 Å². The molecule has 0 saturated heterocycles. The van der Waals surface area contributed by atoms with Crippen molar-refractivity contribution in [2.24, 2.45) is 4.99 Å². The summed E-state index contributed by atoms with van der Waals surface area (Å²) in [5, 5.41) is 1.90. The van der Waals surface area contributed by atoms with E-state index in [1.54, 1.807) is 0 Å². The van der Waals surface area contributed by atoms with Gasteiger partial charge < -0.3 is 0 Å². The summed E-state index contributed by atoms with van der Waals surface area (Å²) in [5.41, 5.74) is 16.4. The number of hydrogen-bond acceptors (Lipinski definition) is 2. The molecule has 0 saturated carbocycles. The van der Waals surface area contributed by atoms with Crippen LogP contribution in [0.15, 0.2) is 159 Å². The maximum absolute atomic E-state index is 5.33. The Balaban J connectivity index is 1.51. The Bertz CT molecular complexity index is 2650. The van der Waals surface area contributed by atoms with Gasteiger partial charge in [0.1, 0.15) is 0 Å². The monoisotopic (exact) mass is 710 g/mol. The SMILES string of the molecule is C=Cc1cnc(-c2cc(/C(C)=C/c3ccccc3C=C)cc(-c3ccc(/C(N=C(C)c4cccc(C=C)c4/C=C\C)=c4\ccccc4=C)cc3)c2)cc1C=C. The van der Waals surface area contributed by atoms with Crippen LogP contribution in [0, 0.1) is 0 Å². The lowest BCUT2D eigenvalue weighted by Gasteiger charge is -2.14. The van der Waals surface area contributed by atoms with Crippen LogP contribution in [0.25, 0.3) is 76.7 Å². The van der Waals surface area contributed by atoms with Crippen molar-refractivity contribution in [1.29, 1.82) is 0 Å². The van der Waals surface area contributed by atoms with Crippen molar-refractivity contribution >= 4 is 60.0 Å². The molecule has 0 amide bonds. The number of aliphatic imine (C=N–C) groups is 1. The lowest BCUT2D eigenvalue weighted by atomic mass is 9.93. The van der Waals surface area contributed by atoms with Crippen LogP contribution in [0.2, 0.25) is 0 Å². The minimum absolute atomic E-state index is 0.864. The Morgan fingerprint density at radius 3 is 1.95 bits per heavy atom. The fourth-order valence-corrected chi connectivity index (χ4v) is 6.81. The number of aromatic nitrogens is 1. The van der Waals surface area contributed by atoms with Crippen LogP contribution in [0.4, 0.5) is 0 Å². The van der Waals surface area contributed by atoms with Crippen molar-refractivity contribution in [1.82, 2.24) is 4.98 Å². The van der Waals surface area contributed by atoms with Gasteiger partial charge in [0, 0.05) is 33.8 Å². The van der Waals surface area contributed by atoms with Gasteiger partial charge in [0.2, 0.25) is 0 Å². The molecular weight excluding hydrogens is 665 g/mol. The van der Waals surface area contributed by atoms with Crippen molar-refractivity contribution in [3.63, 3.8) is 0 Å². The van der Waals surface area contributed by atoms with Crippen LogP contribution in [0.3, 0.4) is 0 Å². The highest BCUT2D eigenvalue weighted by atomic mass is 14.8. The Morgan fingerprint density at radius 1 is 0.600 bits per heavy atom. The van der Waals surface area contributed by atoms with E-state index in [0.717, 1.165) is 99.9 Å². The summed E-state index contributed by atoms with van der Waals surface area (Å²) in [6, 6.07) is 40.1. The predicted molar refractivity (Wildman–Crippen MR) is 243 cm³/mol. The van der Waals surface area contributed by atoms with Crippen LogP contribution < -0.4 is 10.4 Å². The second-order valence-electron chi connectivity index (χ2n) is 13.4. The van der Waals surface area contributed by atoms with E-state index in [1.807, 2.05) is 61.7 Å². The summed E-state index contributed by atoms with van der Waals surface area (Å²) in [6.45, 7) is 26.7. The third-order valence-corrected chi connectivity index (χ3v) is 9.81. The van der Waals surface area contributed by atoms with Crippen LogP contribution in [-0.4, -0.2) is 10.7 Å². The van der Waals surface area contributed by atoms with Gasteiger partial charge in [-0.3, -0.25) is 9.98 Å². The van der Waals surface area contributed by atoms with Crippen molar-refractivity contribution in [3.05, 3.63) is 214 Å². The molecule has 0 bridgehead atoms. The number of nitrogens with zero attached hydrogens (tertiary/aromatic N) is 2. The van der Waals surface area contributed by atoms with E-state index in [2.05, 4.69) is 156 Å². The lowest BCUT2D eigenvalue weighted by molar-refractivity contribution is 1.30. The van der Waals surface area contributed by atoms with E-state index in [1.165, 1.54) is 0 Å². The zero-order chi connectivity index (χ0) is 38.9. The fraction of sp³-hybridized carbons (Fsp3) is 0.0566. The van der Waals surface area contributed by atoms with Crippen LogP contribution in [0.5, 0.6) is 0 Å². The molecule has 6 aromatic rings. The van der Waals surface area contributed by atoms with Crippen molar-refractivity contribution in [2.45, 2.75) is 20.8 Å². The van der Waals surface area contributed by atoms with Gasteiger partial charge in [-0.15, -0.1) is 0 Å². The van der Waals surface area contributed by atoms with Gasteiger partial charge in [-0.25, -0.2) is 0 Å².